The van der Waals surface area contributed by atoms with E-state index in [0.29, 0.717) is 13.1 Å². The number of alkyl halides is 1. The zero-order valence-corrected chi connectivity index (χ0v) is 6.80. The molecule has 1 rings (SSSR count). The van der Waals surface area contributed by atoms with Crippen LogP contribution in [0.5, 0.6) is 0 Å². The topological polar surface area (TPSA) is 20.3 Å². The Morgan fingerprint density at radius 3 is 2.27 bits per heavy atom. The van der Waals surface area contributed by atoms with E-state index in [1.165, 1.54) is 18.7 Å². The van der Waals surface area contributed by atoms with E-state index in [-0.39, 0.29) is 0 Å². The van der Waals surface area contributed by atoms with Gasteiger partial charge in [-0.1, -0.05) is 12.2 Å². The Labute approximate surface area is 65.7 Å². The first-order chi connectivity index (χ1) is 5.02. The molecule has 62 valence electrons. The van der Waals surface area contributed by atoms with Crippen LogP contribution in [-0.4, -0.2) is 29.6 Å². The second-order valence-corrected chi connectivity index (χ2v) is 3.15. The number of hydrogen-bond acceptors (Lipinski definition) is 1. The Hall–Kier alpha value is -0.860. The number of carbonyl (C=O) groups excluding carboxylic acids is 1. The molecule has 0 bridgehead atoms. The van der Waals surface area contributed by atoms with Crippen LogP contribution in [0.1, 0.15) is 13.8 Å². The number of amides is 1. The monoisotopic (exact) mass is 157 g/mol. The zero-order chi connectivity index (χ0) is 8.48. The number of rotatable bonds is 1. The molecule has 0 aliphatic carbocycles. The molecule has 2 nitrogen and oxygen atoms in total. The van der Waals surface area contributed by atoms with Gasteiger partial charge in [0.1, 0.15) is 0 Å². The van der Waals surface area contributed by atoms with Gasteiger partial charge in [-0.05, 0) is 13.8 Å². The second-order valence-electron chi connectivity index (χ2n) is 3.15. The first-order valence-corrected chi connectivity index (χ1v) is 3.65. The minimum Gasteiger partial charge on any atom is -0.333 e. The SMILES string of the molecule is CC(C)(F)C(=O)N1CC=CC1. The summed E-state index contributed by atoms with van der Waals surface area (Å²) in [5, 5.41) is 0. The van der Waals surface area contributed by atoms with E-state index < -0.39 is 11.6 Å². The van der Waals surface area contributed by atoms with Gasteiger partial charge < -0.3 is 4.90 Å². The Kier molecular flexibility index (Phi) is 1.98. The lowest BCUT2D eigenvalue weighted by molar-refractivity contribution is -0.140. The van der Waals surface area contributed by atoms with E-state index in [9.17, 15) is 9.18 Å². The van der Waals surface area contributed by atoms with Crippen LogP contribution < -0.4 is 0 Å². The molecule has 1 heterocycles. The summed E-state index contributed by atoms with van der Waals surface area (Å²) in [4.78, 5) is 12.7. The zero-order valence-electron chi connectivity index (χ0n) is 6.80. The second kappa shape index (κ2) is 2.64. The van der Waals surface area contributed by atoms with Gasteiger partial charge in [0.15, 0.2) is 5.67 Å². The van der Waals surface area contributed by atoms with Crippen LogP contribution in [0.4, 0.5) is 4.39 Å². The van der Waals surface area contributed by atoms with Crippen molar-refractivity contribution in [3.8, 4) is 0 Å². The molecule has 0 saturated heterocycles. The summed E-state index contributed by atoms with van der Waals surface area (Å²) in [5.41, 5.74) is -1.73. The smallest absolute Gasteiger partial charge is 0.260 e. The third kappa shape index (κ3) is 1.79. The lowest BCUT2D eigenvalue weighted by Crippen LogP contribution is -2.41. The largest absolute Gasteiger partial charge is 0.333 e. The van der Waals surface area contributed by atoms with E-state index in [1.54, 1.807) is 0 Å². The van der Waals surface area contributed by atoms with E-state index in [4.69, 9.17) is 0 Å². The molecule has 1 aliphatic rings. The average Bonchev–Trinajstić information content (AvgIpc) is 2.34. The Morgan fingerprint density at radius 2 is 1.91 bits per heavy atom. The standard InChI is InChI=1S/C8H12FNO/c1-8(2,9)7(11)10-5-3-4-6-10/h3-4H,5-6H2,1-2H3. The van der Waals surface area contributed by atoms with Crippen LogP contribution in [0.3, 0.4) is 0 Å². The van der Waals surface area contributed by atoms with Crippen molar-refractivity contribution >= 4 is 5.91 Å². The summed E-state index contributed by atoms with van der Waals surface area (Å²) < 4.78 is 13.0. The van der Waals surface area contributed by atoms with Crippen LogP contribution in [0.15, 0.2) is 12.2 Å². The average molecular weight is 157 g/mol. The maximum atomic E-state index is 13.0. The molecule has 0 fully saturated rings. The quantitative estimate of drug-likeness (QED) is 0.522. The fraction of sp³-hybridized carbons (Fsp3) is 0.625. The minimum absolute atomic E-state index is 0.428. The Bertz CT molecular complexity index is 185. The molecular weight excluding hydrogens is 145 g/mol. The summed E-state index contributed by atoms with van der Waals surface area (Å²) >= 11 is 0. The van der Waals surface area contributed by atoms with Gasteiger partial charge in [0.25, 0.3) is 5.91 Å². The van der Waals surface area contributed by atoms with Crippen LogP contribution in [0.25, 0.3) is 0 Å². The number of hydrogen-bond donors (Lipinski definition) is 0. The predicted molar refractivity (Wildman–Crippen MR) is 40.9 cm³/mol. The van der Waals surface area contributed by atoms with Crippen molar-refractivity contribution < 1.29 is 9.18 Å². The molecule has 1 aliphatic heterocycles. The molecule has 0 aromatic rings. The normalized spacial score (nSPS) is 17.5. The van der Waals surface area contributed by atoms with Crippen molar-refractivity contribution in [2.45, 2.75) is 19.5 Å². The van der Waals surface area contributed by atoms with Gasteiger partial charge in [-0.25, -0.2) is 4.39 Å². The molecule has 0 saturated carbocycles. The molecule has 1 amide bonds. The highest BCUT2D eigenvalue weighted by Crippen LogP contribution is 2.14. The Balaban J connectivity index is 2.55. The molecular formula is C8H12FNO. The minimum atomic E-state index is -1.73. The van der Waals surface area contributed by atoms with Crippen molar-refractivity contribution in [2.24, 2.45) is 0 Å². The summed E-state index contributed by atoms with van der Waals surface area (Å²) in [7, 11) is 0. The highest BCUT2D eigenvalue weighted by atomic mass is 19.1. The fourth-order valence-corrected chi connectivity index (χ4v) is 1.02. The van der Waals surface area contributed by atoms with E-state index in [2.05, 4.69) is 0 Å². The van der Waals surface area contributed by atoms with Crippen LogP contribution >= 0.6 is 0 Å². The summed E-state index contributed by atoms with van der Waals surface area (Å²) in [6, 6.07) is 0. The molecule has 0 aromatic heterocycles. The van der Waals surface area contributed by atoms with Crippen molar-refractivity contribution in [3.63, 3.8) is 0 Å². The van der Waals surface area contributed by atoms with Gasteiger partial charge in [0, 0.05) is 13.1 Å². The van der Waals surface area contributed by atoms with Crippen LogP contribution in [0.2, 0.25) is 0 Å². The van der Waals surface area contributed by atoms with Gasteiger partial charge in [0.2, 0.25) is 0 Å². The molecule has 0 aromatic carbocycles. The lowest BCUT2D eigenvalue weighted by atomic mass is 10.1. The van der Waals surface area contributed by atoms with E-state index in [1.807, 2.05) is 12.2 Å². The predicted octanol–water partition coefficient (Wildman–Crippen LogP) is 1.13. The number of halogens is 1. The van der Waals surface area contributed by atoms with Crippen molar-refractivity contribution in [3.05, 3.63) is 12.2 Å². The maximum Gasteiger partial charge on any atom is 0.260 e. The number of nitrogens with zero attached hydrogens (tertiary/aromatic N) is 1. The highest BCUT2D eigenvalue weighted by molar-refractivity contribution is 5.84. The van der Waals surface area contributed by atoms with Crippen molar-refractivity contribution in [1.82, 2.24) is 4.90 Å². The molecule has 0 spiro atoms. The third-order valence-electron chi connectivity index (χ3n) is 1.61. The molecule has 0 atom stereocenters. The summed E-state index contributed by atoms with van der Waals surface area (Å²) in [6.07, 6.45) is 3.73. The first-order valence-electron chi connectivity index (χ1n) is 3.65. The van der Waals surface area contributed by atoms with Crippen molar-refractivity contribution in [2.75, 3.05) is 13.1 Å². The first kappa shape index (κ1) is 8.24. The third-order valence-corrected chi connectivity index (χ3v) is 1.61. The van der Waals surface area contributed by atoms with Gasteiger partial charge in [-0.3, -0.25) is 4.79 Å². The lowest BCUT2D eigenvalue weighted by Gasteiger charge is -2.21. The molecule has 3 heteroatoms. The molecule has 11 heavy (non-hydrogen) atoms. The van der Waals surface area contributed by atoms with E-state index >= 15 is 0 Å². The van der Waals surface area contributed by atoms with Crippen LogP contribution in [-0.2, 0) is 4.79 Å². The van der Waals surface area contributed by atoms with Crippen molar-refractivity contribution in [1.29, 1.82) is 0 Å². The Morgan fingerprint density at radius 1 is 1.45 bits per heavy atom. The summed E-state index contributed by atoms with van der Waals surface area (Å²) in [5.74, 6) is -0.428. The van der Waals surface area contributed by atoms with Gasteiger partial charge in [-0.15, -0.1) is 0 Å². The van der Waals surface area contributed by atoms with Gasteiger partial charge in [0.05, 0.1) is 0 Å². The number of carbonyl (C=O) groups is 1. The fourth-order valence-electron chi connectivity index (χ4n) is 1.02. The van der Waals surface area contributed by atoms with Crippen LogP contribution in [0, 0.1) is 0 Å². The molecule has 0 radical (unpaired) electrons. The molecule has 0 N–H and O–H groups in total. The molecule has 0 unspecified atom stereocenters. The highest BCUT2D eigenvalue weighted by Gasteiger charge is 2.31. The maximum absolute atomic E-state index is 13.0. The van der Waals surface area contributed by atoms with E-state index in [0.717, 1.165) is 0 Å². The summed E-state index contributed by atoms with van der Waals surface area (Å²) in [6.45, 7) is 3.67. The van der Waals surface area contributed by atoms with Gasteiger partial charge in [-0.2, -0.15) is 0 Å². The van der Waals surface area contributed by atoms with Gasteiger partial charge >= 0.3 is 0 Å².